The van der Waals surface area contributed by atoms with Crippen molar-refractivity contribution in [2.75, 3.05) is 13.3 Å². The largest absolute Gasteiger partial charge is 0.491 e. The molecule has 78 valence electrons. The van der Waals surface area contributed by atoms with Crippen molar-refractivity contribution >= 4 is 0 Å². The summed E-state index contributed by atoms with van der Waals surface area (Å²) in [6, 6.07) is 7.47. The second-order valence-electron chi connectivity index (χ2n) is 3.09. The Kier molecular flexibility index (Phi) is 4.40. The fourth-order valence-electron chi connectivity index (χ4n) is 1.29. The lowest BCUT2D eigenvalue weighted by Gasteiger charge is -2.14. The number of nitrogens with two attached hydrogens (primary N) is 1. The van der Waals surface area contributed by atoms with Crippen LogP contribution in [0.1, 0.15) is 24.9 Å². The van der Waals surface area contributed by atoms with E-state index in [0.717, 1.165) is 12.0 Å². The van der Waals surface area contributed by atoms with Crippen LogP contribution < -0.4 is 10.5 Å². The first-order valence-corrected chi connectivity index (χ1v) is 4.82. The smallest absolute Gasteiger partial charge is 0.124 e. The maximum atomic E-state index is 11.9. The minimum Gasteiger partial charge on any atom is -0.491 e. The summed E-state index contributed by atoms with van der Waals surface area (Å²) >= 11 is 0. The van der Waals surface area contributed by atoms with Crippen molar-refractivity contribution in [1.82, 2.24) is 0 Å². The fraction of sp³-hybridized carbons (Fsp3) is 0.455. The number of ether oxygens (including phenoxy) is 1. The van der Waals surface area contributed by atoms with Gasteiger partial charge in [-0.15, -0.1) is 0 Å². The lowest BCUT2D eigenvalue weighted by atomic mass is 10.0. The highest BCUT2D eigenvalue weighted by Gasteiger charge is 2.09. The van der Waals surface area contributed by atoms with Gasteiger partial charge in [0.05, 0.1) is 0 Å². The molecule has 0 saturated heterocycles. The average molecular weight is 197 g/mol. The zero-order valence-corrected chi connectivity index (χ0v) is 8.37. The van der Waals surface area contributed by atoms with Gasteiger partial charge in [-0.3, -0.25) is 0 Å². The van der Waals surface area contributed by atoms with Gasteiger partial charge >= 0.3 is 0 Å². The molecule has 2 nitrogen and oxygen atoms in total. The Balaban J connectivity index is 2.79. The first-order chi connectivity index (χ1) is 6.79. The summed E-state index contributed by atoms with van der Waals surface area (Å²) in [5.74, 6) is 0.694. The van der Waals surface area contributed by atoms with E-state index < -0.39 is 6.67 Å². The van der Waals surface area contributed by atoms with Crippen LogP contribution in [0.4, 0.5) is 4.39 Å². The molecule has 0 heterocycles. The number of benzene rings is 1. The lowest BCUT2D eigenvalue weighted by molar-refractivity contribution is 0.269. The van der Waals surface area contributed by atoms with Crippen LogP contribution in [0.15, 0.2) is 24.3 Å². The van der Waals surface area contributed by atoms with E-state index in [1.54, 1.807) is 0 Å². The van der Waals surface area contributed by atoms with Gasteiger partial charge in [-0.2, -0.15) is 0 Å². The summed E-state index contributed by atoms with van der Waals surface area (Å²) in [6.07, 6.45) is 0.843. The lowest BCUT2D eigenvalue weighted by Crippen LogP contribution is -2.11. The van der Waals surface area contributed by atoms with Crippen LogP contribution in [0.2, 0.25) is 0 Å². The predicted octanol–water partition coefficient (Wildman–Crippen LogP) is 2.44. The van der Waals surface area contributed by atoms with Crippen molar-refractivity contribution in [3.05, 3.63) is 29.8 Å². The van der Waals surface area contributed by atoms with Gasteiger partial charge in [0.15, 0.2) is 0 Å². The summed E-state index contributed by atoms with van der Waals surface area (Å²) in [6.45, 7) is 1.62. The Labute approximate surface area is 83.9 Å². The molecule has 3 heteroatoms. The third-order valence-electron chi connectivity index (χ3n) is 2.09. The van der Waals surface area contributed by atoms with E-state index in [-0.39, 0.29) is 12.6 Å². The molecule has 1 rings (SSSR count). The third-order valence-corrected chi connectivity index (χ3v) is 2.09. The average Bonchev–Trinajstić information content (AvgIpc) is 2.25. The maximum absolute atomic E-state index is 11.9. The van der Waals surface area contributed by atoms with Crippen molar-refractivity contribution in [3.63, 3.8) is 0 Å². The molecule has 1 aromatic rings. The number of alkyl halides is 1. The Morgan fingerprint density at radius 1 is 1.43 bits per heavy atom. The quantitative estimate of drug-likeness (QED) is 0.786. The van der Waals surface area contributed by atoms with Gasteiger partial charge in [0.25, 0.3) is 0 Å². The molecule has 0 aromatic heterocycles. The molecule has 1 atom stereocenters. The molecule has 0 saturated carbocycles. The molecular formula is C11H16FNO. The number of hydrogen-bond donors (Lipinski definition) is 1. The van der Waals surface area contributed by atoms with E-state index in [0.29, 0.717) is 5.75 Å². The van der Waals surface area contributed by atoms with E-state index in [1.165, 1.54) is 0 Å². The Morgan fingerprint density at radius 2 is 2.14 bits per heavy atom. The summed E-state index contributed by atoms with van der Waals surface area (Å²) < 4.78 is 17.2. The number of hydrogen-bond acceptors (Lipinski definition) is 2. The van der Waals surface area contributed by atoms with Crippen molar-refractivity contribution in [1.29, 1.82) is 0 Å². The van der Waals surface area contributed by atoms with Gasteiger partial charge in [0.1, 0.15) is 19.0 Å². The van der Waals surface area contributed by atoms with Gasteiger partial charge in [0.2, 0.25) is 0 Å². The minimum atomic E-state index is -0.476. The van der Waals surface area contributed by atoms with Crippen molar-refractivity contribution in [3.8, 4) is 5.75 Å². The third kappa shape index (κ3) is 2.70. The molecule has 1 aromatic carbocycles. The van der Waals surface area contributed by atoms with Crippen molar-refractivity contribution < 1.29 is 9.13 Å². The highest BCUT2D eigenvalue weighted by Crippen LogP contribution is 2.25. The normalized spacial score (nSPS) is 12.5. The molecule has 2 N–H and O–H groups in total. The molecule has 0 amide bonds. The van der Waals surface area contributed by atoms with Gasteiger partial charge in [-0.05, 0) is 12.5 Å². The monoisotopic (exact) mass is 197 g/mol. The van der Waals surface area contributed by atoms with E-state index in [1.807, 2.05) is 31.2 Å². The van der Waals surface area contributed by atoms with Gasteiger partial charge in [-0.25, -0.2) is 4.39 Å². The second-order valence-corrected chi connectivity index (χ2v) is 3.09. The first-order valence-electron chi connectivity index (χ1n) is 4.82. The van der Waals surface area contributed by atoms with Crippen LogP contribution in [-0.4, -0.2) is 13.3 Å². The highest BCUT2D eigenvalue weighted by atomic mass is 19.1. The van der Waals surface area contributed by atoms with Gasteiger partial charge in [0, 0.05) is 11.6 Å². The number of para-hydroxylation sites is 1. The van der Waals surface area contributed by atoms with E-state index in [2.05, 4.69) is 0 Å². The Morgan fingerprint density at radius 3 is 2.79 bits per heavy atom. The molecule has 0 spiro atoms. The van der Waals surface area contributed by atoms with E-state index in [9.17, 15) is 4.39 Å². The molecule has 0 bridgehead atoms. The summed E-state index contributed by atoms with van der Waals surface area (Å²) in [5.41, 5.74) is 6.84. The Hall–Kier alpha value is -1.09. The Bertz CT molecular complexity index is 278. The molecule has 0 aliphatic heterocycles. The number of halogens is 1. The summed E-state index contributed by atoms with van der Waals surface area (Å²) in [4.78, 5) is 0. The predicted molar refractivity (Wildman–Crippen MR) is 55.1 cm³/mol. The summed E-state index contributed by atoms with van der Waals surface area (Å²) in [5, 5.41) is 0. The molecule has 0 aliphatic carbocycles. The number of rotatable bonds is 5. The maximum Gasteiger partial charge on any atom is 0.124 e. The van der Waals surface area contributed by atoms with E-state index in [4.69, 9.17) is 10.5 Å². The van der Waals surface area contributed by atoms with Crippen molar-refractivity contribution in [2.45, 2.75) is 19.4 Å². The SMILES string of the molecule is CC[C@@H](N)c1ccccc1OCCF. The van der Waals surface area contributed by atoms with Gasteiger partial charge < -0.3 is 10.5 Å². The molecule has 0 aliphatic rings. The van der Waals surface area contributed by atoms with Crippen molar-refractivity contribution in [2.24, 2.45) is 5.73 Å². The zero-order chi connectivity index (χ0) is 10.4. The van der Waals surface area contributed by atoms with E-state index >= 15 is 0 Å². The molecule has 0 radical (unpaired) electrons. The standard InChI is InChI=1S/C11H16FNO/c1-2-10(13)9-5-3-4-6-11(9)14-8-7-12/h3-6,10H,2,7-8,13H2,1H3/t10-/m1/s1. The van der Waals surface area contributed by atoms with Crippen LogP contribution in [0.3, 0.4) is 0 Å². The van der Waals surface area contributed by atoms with Crippen LogP contribution in [0.5, 0.6) is 5.75 Å². The molecule has 0 unspecified atom stereocenters. The van der Waals surface area contributed by atoms with Crippen LogP contribution in [0, 0.1) is 0 Å². The zero-order valence-electron chi connectivity index (χ0n) is 8.37. The molecule has 0 fully saturated rings. The molecule has 14 heavy (non-hydrogen) atoms. The second kappa shape index (κ2) is 5.60. The molecular weight excluding hydrogens is 181 g/mol. The van der Waals surface area contributed by atoms with Crippen LogP contribution >= 0.6 is 0 Å². The summed E-state index contributed by atoms with van der Waals surface area (Å²) in [7, 11) is 0. The van der Waals surface area contributed by atoms with Crippen LogP contribution in [0.25, 0.3) is 0 Å². The van der Waals surface area contributed by atoms with Crippen LogP contribution in [-0.2, 0) is 0 Å². The fourth-order valence-corrected chi connectivity index (χ4v) is 1.29. The van der Waals surface area contributed by atoms with Gasteiger partial charge in [-0.1, -0.05) is 25.1 Å². The topological polar surface area (TPSA) is 35.2 Å². The minimum absolute atomic E-state index is 0.0363. The highest BCUT2D eigenvalue weighted by molar-refractivity contribution is 5.35. The first kappa shape index (κ1) is 11.0.